The minimum absolute atomic E-state index is 0.0105. The van der Waals surface area contributed by atoms with Crippen LogP contribution in [0.2, 0.25) is 0 Å². The fourth-order valence-corrected chi connectivity index (χ4v) is 2.85. The zero-order chi connectivity index (χ0) is 24.5. The number of rotatable bonds is 9. The maximum Gasteiger partial charge on any atom is 0.329 e. The number of esters is 1. The summed E-state index contributed by atoms with van der Waals surface area (Å²) in [5, 5.41) is 7.70. The van der Waals surface area contributed by atoms with E-state index in [9.17, 15) is 23.2 Å². The number of halogens is 2. The first kappa shape index (κ1) is 25.3. The third-order valence-corrected chi connectivity index (χ3v) is 4.30. The highest BCUT2D eigenvalue weighted by atomic mass is 19.1. The summed E-state index contributed by atoms with van der Waals surface area (Å²) in [7, 11) is 1.66. The van der Waals surface area contributed by atoms with Gasteiger partial charge in [-0.05, 0) is 43.7 Å². The van der Waals surface area contributed by atoms with Crippen molar-refractivity contribution in [2.75, 3.05) is 18.1 Å². The van der Waals surface area contributed by atoms with Gasteiger partial charge in [-0.1, -0.05) is 12.1 Å². The van der Waals surface area contributed by atoms with E-state index in [1.807, 2.05) is 0 Å². The second-order valence-corrected chi connectivity index (χ2v) is 7.38. The summed E-state index contributed by atoms with van der Waals surface area (Å²) in [6.07, 6.45) is 2.31. The maximum atomic E-state index is 14.1. The fraction of sp³-hybridized carbons (Fsp3) is 0.261. The number of carbonyl (C=O) groups excluding carboxylic acids is 3. The van der Waals surface area contributed by atoms with Gasteiger partial charge in [0, 0.05) is 37.1 Å². The van der Waals surface area contributed by atoms with E-state index in [1.165, 1.54) is 12.3 Å². The van der Waals surface area contributed by atoms with Crippen LogP contribution in [0, 0.1) is 11.6 Å². The Balaban J connectivity index is 2.19. The number of nitrogen functional groups attached to an aromatic ring is 1. The molecule has 176 valence electrons. The molecule has 0 heterocycles. The van der Waals surface area contributed by atoms with Crippen molar-refractivity contribution in [2.24, 2.45) is 0 Å². The van der Waals surface area contributed by atoms with Crippen molar-refractivity contribution in [3.63, 3.8) is 0 Å². The summed E-state index contributed by atoms with van der Waals surface area (Å²) in [6.45, 7) is 3.27. The first-order valence-corrected chi connectivity index (χ1v) is 10.1. The van der Waals surface area contributed by atoms with Gasteiger partial charge in [0.1, 0.15) is 23.2 Å². The Labute approximate surface area is 190 Å². The highest BCUT2D eigenvalue weighted by Gasteiger charge is 2.27. The van der Waals surface area contributed by atoms with E-state index in [4.69, 9.17) is 10.5 Å². The molecule has 0 saturated carbocycles. The Morgan fingerprint density at radius 1 is 1.09 bits per heavy atom. The smallest absolute Gasteiger partial charge is 0.329 e. The van der Waals surface area contributed by atoms with Crippen LogP contribution in [0.5, 0.6) is 0 Å². The first-order chi connectivity index (χ1) is 15.6. The molecule has 0 aliphatic rings. The van der Waals surface area contributed by atoms with E-state index in [-0.39, 0.29) is 18.0 Å². The van der Waals surface area contributed by atoms with E-state index >= 15 is 0 Å². The molecule has 5 N–H and O–H groups in total. The summed E-state index contributed by atoms with van der Waals surface area (Å²) in [5.41, 5.74) is 5.49. The number of carbonyl (C=O) groups is 3. The standard InChI is InChI=1S/C23H26F2N4O4/c1-13(2)33-23(32)19(29-22(31)21-17(24)11-15(26)12-18(21)25)10-14-4-6-16(7-5-14)28-20(30)8-9-27-3/h4-9,11-13,19,27H,10,26H2,1-3H3,(H,28,30)(H,29,31)/b9-8-/t19-/m0/s1. The van der Waals surface area contributed by atoms with Crippen LogP contribution < -0.4 is 21.7 Å². The zero-order valence-corrected chi connectivity index (χ0v) is 18.4. The topological polar surface area (TPSA) is 123 Å². The molecule has 0 aliphatic heterocycles. The second kappa shape index (κ2) is 11.6. The summed E-state index contributed by atoms with van der Waals surface area (Å²) in [6, 6.07) is 6.94. The molecule has 0 aliphatic carbocycles. The molecular formula is C23H26F2N4O4. The van der Waals surface area contributed by atoms with Crippen LogP contribution >= 0.6 is 0 Å². The molecule has 0 bridgehead atoms. The second-order valence-electron chi connectivity index (χ2n) is 7.38. The minimum Gasteiger partial charge on any atom is -0.461 e. The van der Waals surface area contributed by atoms with Gasteiger partial charge in [0.15, 0.2) is 0 Å². The monoisotopic (exact) mass is 460 g/mol. The fourth-order valence-electron chi connectivity index (χ4n) is 2.85. The molecule has 1 atom stereocenters. The lowest BCUT2D eigenvalue weighted by Crippen LogP contribution is -2.44. The lowest BCUT2D eigenvalue weighted by molar-refractivity contribution is -0.149. The number of ether oxygens (including phenoxy) is 1. The Morgan fingerprint density at radius 3 is 2.24 bits per heavy atom. The SMILES string of the molecule is CN/C=C\C(=O)Nc1ccc(C[C@H](NC(=O)c2c(F)cc(N)cc2F)C(=O)OC(C)C)cc1. The molecule has 10 heteroatoms. The molecular weight excluding hydrogens is 434 g/mol. The lowest BCUT2D eigenvalue weighted by Gasteiger charge is -2.20. The highest BCUT2D eigenvalue weighted by molar-refractivity contribution is 5.99. The average molecular weight is 460 g/mol. The first-order valence-electron chi connectivity index (χ1n) is 10.1. The number of benzene rings is 2. The summed E-state index contributed by atoms with van der Waals surface area (Å²) in [4.78, 5) is 36.8. The largest absolute Gasteiger partial charge is 0.461 e. The quantitative estimate of drug-likeness (QED) is 0.259. The molecule has 2 amide bonds. The number of anilines is 2. The van der Waals surface area contributed by atoms with Gasteiger partial charge in [0.05, 0.1) is 6.10 Å². The number of nitrogens with two attached hydrogens (primary N) is 1. The van der Waals surface area contributed by atoms with Gasteiger partial charge in [-0.15, -0.1) is 0 Å². The maximum absolute atomic E-state index is 14.1. The Morgan fingerprint density at radius 2 is 1.70 bits per heavy atom. The molecule has 0 saturated heterocycles. The van der Waals surface area contributed by atoms with Gasteiger partial charge in [-0.2, -0.15) is 0 Å². The summed E-state index contributed by atoms with van der Waals surface area (Å²) < 4.78 is 33.5. The van der Waals surface area contributed by atoms with E-state index < -0.39 is 41.2 Å². The number of nitrogens with one attached hydrogen (secondary N) is 3. The summed E-state index contributed by atoms with van der Waals surface area (Å²) >= 11 is 0. The Kier molecular flexibility index (Phi) is 8.90. The van der Waals surface area contributed by atoms with E-state index in [0.717, 1.165) is 12.1 Å². The number of hydrogen-bond donors (Lipinski definition) is 4. The molecule has 2 aromatic rings. The highest BCUT2D eigenvalue weighted by Crippen LogP contribution is 2.18. The summed E-state index contributed by atoms with van der Waals surface area (Å²) in [5.74, 6) is -4.50. The van der Waals surface area contributed by atoms with E-state index in [1.54, 1.807) is 45.2 Å². The molecule has 8 nitrogen and oxygen atoms in total. The Bertz CT molecular complexity index is 1020. The predicted octanol–water partition coefficient (Wildman–Crippen LogP) is 2.51. The normalized spacial score (nSPS) is 11.8. The lowest BCUT2D eigenvalue weighted by atomic mass is 10.0. The molecule has 33 heavy (non-hydrogen) atoms. The molecule has 0 fully saturated rings. The molecule has 2 aromatic carbocycles. The third-order valence-electron chi connectivity index (χ3n) is 4.30. The molecule has 2 rings (SSSR count). The van der Waals surface area contributed by atoms with E-state index in [0.29, 0.717) is 11.3 Å². The van der Waals surface area contributed by atoms with Gasteiger partial charge in [-0.3, -0.25) is 9.59 Å². The third kappa shape index (κ3) is 7.60. The van der Waals surface area contributed by atoms with Gasteiger partial charge < -0.3 is 26.4 Å². The zero-order valence-electron chi connectivity index (χ0n) is 18.4. The van der Waals surface area contributed by atoms with Crippen LogP contribution in [-0.4, -0.2) is 37.0 Å². The van der Waals surface area contributed by atoms with E-state index in [2.05, 4.69) is 16.0 Å². The molecule has 0 radical (unpaired) electrons. The molecule has 0 spiro atoms. The van der Waals surface area contributed by atoms with Crippen LogP contribution in [0.1, 0.15) is 29.8 Å². The van der Waals surface area contributed by atoms with Gasteiger partial charge in [0.25, 0.3) is 5.91 Å². The van der Waals surface area contributed by atoms with Crippen LogP contribution in [0.15, 0.2) is 48.7 Å². The van der Waals surface area contributed by atoms with Crippen LogP contribution in [0.4, 0.5) is 20.2 Å². The predicted molar refractivity (Wildman–Crippen MR) is 120 cm³/mol. The van der Waals surface area contributed by atoms with Crippen molar-refractivity contribution in [2.45, 2.75) is 32.4 Å². The van der Waals surface area contributed by atoms with Crippen molar-refractivity contribution in [3.05, 3.63) is 71.4 Å². The van der Waals surface area contributed by atoms with Crippen molar-refractivity contribution < 1.29 is 27.9 Å². The minimum atomic E-state index is -1.21. The van der Waals surface area contributed by atoms with Crippen molar-refractivity contribution in [1.82, 2.24) is 10.6 Å². The van der Waals surface area contributed by atoms with Gasteiger partial charge >= 0.3 is 5.97 Å². The molecule has 0 aromatic heterocycles. The van der Waals surface area contributed by atoms with Gasteiger partial charge in [-0.25, -0.2) is 13.6 Å². The number of hydrogen-bond acceptors (Lipinski definition) is 6. The molecule has 0 unspecified atom stereocenters. The van der Waals surface area contributed by atoms with Gasteiger partial charge in [0.2, 0.25) is 5.91 Å². The van der Waals surface area contributed by atoms with Crippen LogP contribution in [0.3, 0.4) is 0 Å². The van der Waals surface area contributed by atoms with Crippen molar-refractivity contribution >= 4 is 29.2 Å². The van der Waals surface area contributed by atoms with Crippen LogP contribution in [0.25, 0.3) is 0 Å². The van der Waals surface area contributed by atoms with Crippen molar-refractivity contribution in [3.8, 4) is 0 Å². The average Bonchev–Trinajstić information content (AvgIpc) is 2.71. The number of amides is 2. The van der Waals surface area contributed by atoms with Crippen LogP contribution in [-0.2, 0) is 20.7 Å². The van der Waals surface area contributed by atoms with Crippen molar-refractivity contribution in [1.29, 1.82) is 0 Å². The Hall–Kier alpha value is -3.95.